The van der Waals surface area contributed by atoms with Gasteiger partial charge >= 0.3 is 6.18 Å². The maximum absolute atomic E-state index is 14.8. The third kappa shape index (κ3) is 4.54. The summed E-state index contributed by atoms with van der Waals surface area (Å²) in [5.74, 6) is -0.0269. The van der Waals surface area contributed by atoms with Crippen LogP contribution < -0.4 is 5.32 Å². The number of anilines is 1. The number of hydrogen-bond acceptors (Lipinski definition) is 6. The Balaban J connectivity index is 1.08. The zero-order valence-electron chi connectivity index (χ0n) is 20.1. The van der Waals surface area contributed by atoms with E-state index in [9.17, 15) is 22.4 Å². The largest absolute Gasteiger partial charge is 0.401 e. The number of aryl methyl sites for hydroxylation is 2. The summed E-state index contributed by atoms with van der Waals surface area (Å²) in [4.78, 5) is 25.8. The van der Waals surface area contributed by atoms with E-state index in [0.29, 0.717) is 23.4 Å². The Labute approximate surface area is 214 Å². The van der Waals surface area contributed by atoms with Gasteiger partial charge in [-0.25, -0.2) is 19.3 Å². The molecule has 0 spiro atoms. The van der Waals surface area contributed by atoms with Crippen LogP contribution in [0.3, 0.4) is 0 Å². The minimum Gasteiger partial charge on any atom is -0.358 e. The highest BCUT2D eigenvalue weighted by atomic mass is 19.4. The van der Waals surface area contributed by atoms with Crippen LogP contribution >= 0.6 is 0 Å². The van der Waals surface area contributed by atoms with Gasteiger partial charge in [0, 0.05) is 43.2 Å². The van der Waals surface area contributed by atoms with Crippen molar-refractivity contribution in [3.05, 3.63) is 77.3 Å². The minimum atomic E-state index is -4.45. The second-order valence-corrected chi connectivity index (χ2v) is 9.70. The lowest BCUT2D eigenvalue weighted by atomic mass is 10.0. The SMILES string of the molecule is O=C(Cc1ccc(-c2cnc(Cc3cn4c(n3)CCC4)nc2)cc1F)Nc1cc(C2(C(F)(F)F)CC2)on1. The van der Waals surface area contributed by atoms with Crippen LogP contribution in [0.15, 0.2) is 47.4 Å². The normalized spacial score (nSPS) is 15.9. The zero-order chi connectivity index (χ0) is 26.5. The highest BCUT2D eigenvalue weighted by Gasteiger charge is 2.66. The van der Waals surface area contributed by atoms with Crippen LogP contribution in [-0.4, -0.2) is 36.8 Å². The average Bonchev–Trinajstić information content (AvgIpc) is 3.16. The molecule has 0 radical (unpaired) electrons. The summed E-state index contributed by atoms with van der Waals surface area (Å²) in [5, 5.41) is 5.89. The first-order valence-corrected chi connectivity index (χ1v) is 12.2. The van der Waals surface area contributed by atoms with E-state index in [4.69, 9.17) is 4.52 Å². The first-order valence-electron chi connectivity index (χ1n) is 12.2. The summed E-state index contributed by atoms with van der Waals surface area (Å²) in [7, 11) is 0. The number of nitrogens with zero attached hydrogens (tertiary/aromatic N) is 5. The Kier molecular flexibility index (Phi) is 5.77. The van der Waals surface area contributed by atoms with Gasteiger partial charge in [0.25, 0.3) is 0 Å². The molecule has 0 bridgehead atoms. The number of nitrogens with one attached hydrogen (secondary N) is 1. The van der Waals surface area contributed by atoms with Crippen molar-refractivity contribution in [3.8, 4) is 11.1 Å². The lowest BCUT2D eigenvalue weighted by molar-refractivity contribution is -0.165. The molecule has 12 heteroatoms. The van der Waals surface area contributed by atoms with Crippen molar-refractivity contribution in [1.29, 1.82) is 0 Å². The Morgan fingerprint density at radius 3 is 2.61 bits per heavy atom. The highest BCUT2D eigenvalue weighted by molar-refractivity contribution is 5.91. The van der Waals surface area contributed by atoms with Crippen LogP contribution in [0.4, 0.5) is 23.4 Å². The molecule has 1 amide bonds. The molecular formula is C26H22F4N6O2. The fraction of sp³-hybridized carbons (Fsp3) is 0.346. The van der Waals surface area contributed by atoms with Gasteiger partial charge < -0.3 is 14.4 Å². The molecule has 4 heterocycles. The van der Waals surface area contributed by atoms with Gasteiger partial charge in [-0.05, 0) is 36.5 Å². The number of rotatable bonds is 7. The molecule has 1 N–H and O–H groups in total. The summed E-state index contributed by atoms with van der Waals surface area (Å²) in [6.07, 6.45) is 2.89. The van der Waals surface area contributed by atoms with Crippen molar-refractivity contribution in [2.75, 3.05) is 5.32 Å². The Hall–Kier alpha value is -4.09. The summed E-state index contributed by atoms with van der Waals surface area (Å²) >= 11 is 0. The van der Waals surface area contributed by atoms with Gasteiger partial charge in [-0.3, -0.25) is 4.79 Å². The van der Waals surface area contributed by atoms with Gasteiger partial charge in [0.15, 0.2) is 11.6 Å². The number of carbonyl (C=O) groups is 1. The number of amides is 1. The standard InChI is InChI=1S/C26H22F4N6O2/c27-19-8-15(17-12-31-21(32-13-17)10-18-14-36-7-1-2-23(36)33-18)3-4-16(19)9-24(37)34-22-11-20(38-35-22)25(5-6-25)26(28,29)30/h3-4,8,11-14H,1-2,5-7,9-10H2,(H,34,35,37). The fourth-order valence-corrected chi connectivity index (χ4v) is 4.74. The van der Waals surface area contributed by atoms with E-state index in [0.717, 1.165) is 37.0 Å². The smallest absolute Gasteiger partial charge is 0.358 e. The fourth-order valence-electron chi connectivity index (χ4n) is 4.74. The van der Waals surface area contributed by atoms with E-state index >= 15 is 0 Å². The number of aromatic nitrogens is 5. The lowest BCUT2D eigenvalue weighted by Crippen LogP contribution is -2.28. The maximum Gasteiger partial charge on any atom is 0.401 e. The molecule has 1 aromatic carbocycles. The van der Waals surface area contributed by atoms with Crippen molar-refractivity contribution in [2.45, 2.75) is 56.7 Å². The number of fused-ring (bicyclic) bond motifs is 1. The van der Waals surface area contributed by atoms with Crippen LogP contribution in [0.5, 0.6) is 0 Å². The number of benzene rings is 1. The second kappa shape index (κ2) is 9.03. The predicted octanol–water partition coefficient (Wildman–Crippen LogP) is 4.78. The van der Waals surface area contributed by atoms with Gasteiger partial charge in [0.05, 0.1) is 18.5 Å². The number of hydrogen-bond donors (Lipinski definition) is 1. The van der Waals surface area contributed by atoms with Crippen LogP contribution in [0.1, 0.15) is 47.9 Å². The maximum atomic E-state index is 14.8. The predicted molar refractivity (Wildman–Crippen MR) is 127 cm³/mol. The first-order chi connectivity index (χ1) is 18.2. The molecule has 4 aromatic rings. The molecule has 0 unspecified atom stereocenters. The monoisotopic (exact) mass is 526 g/mol. The third-order valence-corrected chi connectivity index (χ3v) is 7.03. The van der Waals surface area contributed by atoms with E-state index < -0.39 is 23.3 Å². The van der Waals surface area contributed by atoms with Gasteiger partial charge in [-0.1, -0.05) is 17.3 Å². The Bertz CT molecular complexity index is 1480. The van der Waals surface area contributed by atoms with E-state index in [1.165, 1.54) is 12.1 Å². The van der Waals surface area contributed by atoms with Crippen LogP contribution in [0.25, 0.3) is 11.1 Å². The van der Waals surface area contributed by atoms with Gasteiger partial charge in [0.2, 0.25) is 5.91 Å². The van der Waals surface area contributed by atoms with Gasteiger partial charge in [-0.2, -0.15) is 13.2 Å². The van der Waals surface area contributed by atoms with Crippen LogP contribution in [0.2, 0.25) is 0 Å². The quantitative estimate of drug-likeness (QED) is 0.348. The van der Waals surface area contributed by atoms with Crippen LogP contribution in [0, 0.1) is 5.82 Å². The molecule has 6 rings (SSSR count). The van der Waals surface area contributed by atoms with Crippen molar-refractivity contribution < 1.29 is 26.9 Å². The molecule has 1 aliphatic heterocycles. The molecule has 1 saturated carbocycles. The zero-order valence-corrected chi connectivity index (χ0v) is 20.1. The molecule has 1 aliphatic carbocycles. The van der Waals surface area contributed by atoms with Crippen molar-refractivity contribution in [1.82, 2.24) is 24.7 Å². The molecular weight excluding hydrogens is 504 g/mol. The third-order valence-electron chi connectivity index (χ3n) is 7.03. The Morgan fingerprint density at radius 2 is 1.92 bits per heavy atom. The highest BCUT2D eigenvalue weighted by Crippen LogP contribution is 2.59. The molecule has 196 valence electrons. The van der Waals surface area contributed by atoms with Gasteiger partial charge in [-0.15, -0.1) is 0 Å². The van der Waals surface area contributed by atoms with E-state index in [1.807, 2.05) is 6.20 Å². The van der Waals surface area contributed by atoms with Crippen molar-refractivity contribution in [2.24, 2.45) is 0 Å². The van der Waals surface area contributed by atoms with Gasteiger partial charge in [0.1, 0.15) is 22.9 Å². The summed E-state index contributed by atoms with van der Waals surface area (Å²) in [6, 6.07) is 5.48. The molecule has 8 nitrogen and oxygen atoms in total. The topological polar surface area (TPSA) is 98.7 Å². The van der Waals surface area contributed by atoms with E-state index in [2.05, 4.69) is 30.0 Å². The molecule has 0 atom stereocenters. The lowest BCUT2D eigenvalue weighted by Gasteiger charge is -2.14. The Morgan fingerprint density at radius 1 is 1.13 bits per heavy atom. The summed E-state index contributed by atoms with van der Waals surface area (Å²) in [6.45, 7) is 0.981. The average molecular weight is 526 g/mol. The summed E-state index contributed by atoms with van der Waals surface area (Å²) < 4.78 is 61.5. The van der Waals surface area contributed by atoms with E-state index in [1.54, 1.807) is 18.5 Å². The van der Waals surface area contributed by atoms with E-state index in [-0.39, 0.29) is 36.4 Å². The number of imidazole rings is 1. The second-order valence-electron chi connectivity index (χ2n) is 9.70. The summed E-state index contributed by atoms with van der Waals surface area (Å²) in [5.41, 5.74) is 0.156. The molecule has 2 aliphatic rings. The van der Waals surface area contributed by atoms with Crippen molar-refractivity contribution in [3.63, 3.8) is 0 Å². The minimum absolute atomic E-state index is 0.0867. The molecule has 3 aromatic heterocycles. The first kappa shape index (κ1) is 24.3. The van der Waals surface area contributed by atoms with Crippen LogP contribution in [-0.2, 0) is 36.0 Å². The molecule has 0 saturated heterocycles. The molecule has 1 fully saturated rings. The molecule has 38 heavy (non-hydrogen) atoms. The number of halogens is 4. The number of carbonyl (C=O) groups excluding carboxylic acids is 1. The van der Waals surface area contributed by atoms with Crippen molar-refractivity contribution >= 4 is 11.7 Å². The number of alkyl halides is 3.